The van der Waals surface area contributed by atoms with Gasteiger partial charge in [0.15, 0.2) is 6.61 Å². The molecule has 9 heteroatoms. The molecule has 3 amide bonds. The molecule has 8 nitrogen and oxygen atoms in total. The Morgan fingerprint density at radius 1 is 1.09 bits per heavy atom. The summed E-state index contributed by atoms with van der Waals surface area (Å²) in [4.78, 5) is 49.9. The van der Waals surface area contributed by atoms with Crippen molar-refractivity contribution < 1.29 is 28.7 Å². The van der Waals surface area contributed by atoms with Gasteiger partial charge in [0.2, 0.25) is 0 Å². The Morgan fingerprint density at radius 3 is 2.39 bits per heavy atom. The molecule has 1 aliphatic heterocycles. The summed E-state index contributed by atoms with van der Waals surface area (Å²) in [7, 11) is 0. The number of imide groups is 1. The number of thioether (sulfide) groups is 1. The van der Waals surface area contributed by atoms with Crippen molar-refractivity contribution in [3.63, 3.8) is 0 Å². The predicted molar refractivity (Wildman–Crippen MR) is 126 cm³/mol. The summed E-state index contributed by atoms with van der Waals surface area (Å²) in [6, 6.07) is 13.2. The summed E-state index contributed by atoms with van der Waals surface area (Å²) in [5, 5.41) is 2.23. The fraction of sp³-hybridized carbons (Fsp3) is 0.250. The van der Waals surface area contributed by atoms with Crippen LogP contribution in [0.3, 0.4) is 0 Å². The first-order valence-electron chi connectivity index (χ1n) is 10.3. The first-order chi connectivity index (χ1) is 15.8. The van der Waals surface area contributed by atoms with Crippen LogP contribution in [0.25, 0.3) is 6.08 Å². The van der Waals surface area contributed by atoms with Crippen LogP contribution >= 0.6 is 11.8 Å². The number of hydrogen-bond acceptors (Lipinski definition) is 7. The van der Waals surface area contributed by atoms with Gasteiger partial charge in [-0.2, -0.15) is 0 Å². The molecule has 0 aromatic heterocycles. The molecule has 1 saturated heterocycles. The number of benzene rings is 2. The zero-order chi connectivity index (χ0) is 24.0. The summed E-state index contributed by atoms with van der Waals surface area (Å²) in [6.07, 6.45) is 1.57. The maximum Gasteiger partial charge on any atom is 0.329 e. The number of rotatable bonds is 8. The lowest BCUT2D eigenvalue weighted by atomic mass is 10.2. The van der Waals surface area contributed by atoms with E-state index in [2.05, 4.69) is 5.32 Å². The van der Waals surface area contributed by atoms with Crippen LogP contribution in [0.1, 0.15) is 25.0 Å². The van der Waals surface area contributed by atoms with Crippen molar-refractivity contribution in [2.45, 2.75) is 26.8 Å². The van der Waals surface area contributed by atoms with E-state index in [1.165, 1.54) is 6.92 Å². The quantitative estimate of drug-likeness (QED) is 0.461. The molecule has 0 saturated carbocycles. The van der Waals surface area contributed by atoms with E-state index >= 15 is 0 Å². The number of nitrogens with zero attached hydrogens (tertiary/aromatic N) is 1. The molecule has 2 aromatic rings. The highest BCUT2D eigenvalue weighted by Gasteiger charge is 2.41. The van der Waals surface area contributed by atoms with Crippen LogP contribution in [0.4, 0.5) is 10.5 Å². The molecule has 33 heavy (non-hydrogen) atoms. The fourth-order valence-corrected chi connectivity index (χ4v) is 3.88. The number of ether oxygens (including phenoxy) is 2. The summed E-state index contributed by atoms with van der Waals surface area (Å²) in [6.45, 7) is 5.09. The Morgan fingerprint density at radius 2 is 1.76 bits per heavy atom. The van der Waals surface area contributed by atoms with Gasteiger partial charge in [-0.15, -0.1) is 0 Å². The van der Waals surface area contributed by atoms with Crippen molar-refractivity contribution in [2.24, 2.45) is 0 Å². The van der Waals surface area contributed by atoms with Gasteiger partial charge in [-0.3, -0.25) is 19.3 Å². The number of carbonyl (C=O) groups is 4. The van der Waals surface area contributed by atoms with Crippen LogP contribution in [0, 0.1) is 6.92 Å². The van der Waals surface area contributed by atoms with Gasteiger partial charge in [0.05, 0.1) is 11.5 Å². The molecule has 1 N–H and O–H groups in total. The largest absolute Gasteiger partial charge is 0.484 e. The molecule has 0 aliphatic carbocycles. The maximum absolute atomic E-state index is 12.6. The van der Waals surface area contributed by atoms with Crippen molar-refractivity contribution in [1.82, 2.24) is 4.90 Å². The second-order valence-corrected chi connectivity index (χ2v) is 8.24. The Hall–Kier alpha value is -3.59. The van der Waals surface area contributed by atoms with Crippen LogP contribution < -0.4 is 10.1 Å². The molecule has 1 atom stereocenters. The van der Waals surface area contributed by atoms with Crippen LogP contribution in [0.5, 0.6) is 5.75 Å². The van der Waals surface area contributed by atoms with Crippen molar-refractivity contribution in [3.05, 3.63) is 64.6 Å². The standard InChI is InChI=1S/C24H24N2O6S/c1-4-31-23(29)16(3)26-22(28)20(33-24(26)30)13-17-7-11-19(12-8-17)32-14-21(27)25-18-9-5-15(2)6-10-18/h5-13,16H,4,14H2,1-3H3,(H,25,27)/b20-13+/t16-/m0/s1. The zero-order valence-corrected chi connectivity index (χ0v) is 19.3. The van der Waals surface area contributed by atoms with Gasteiger partial charge in [0.25, 0.3) is 17.1 Å². The minimum Gasteiger partial charge on any atom is -0.484 e. The number of nitrogens with one attached hydrogen (secondary N) is 1. The number of carbonyl (C=O) groups excluding carboxylic acids is 4. The maximum atomic E-state index is 12.6. The lowest BCUT2D eigenvalue weighted by molar-refractivity contribution is -0.150. The monoisotopic (exact) mass is 468 g/mol. The average molecular weight is 469 g/mol. The summed E-state index contributed by atoms with van der Waals surface area (Å²) in [5.74, 6) is -0.977. The number of aryl methyl sites for hydroxylation is 1. The minimum atomic E-state index is -0.995. The molecular formula is C24H24N2O6S. The number of hydrogen-bond donors (Lipinski definition) is 1. The third kappa shape index (κ3) is 6.23. The molecular weight excluding hydrogens is 444 g/mol. The third-order valence-electron chi connectivity index (χ3n) is 4.72. The van der Waals surface area contributed by atoms with Gasteiger partial charge in [-0.05, 0) is 68.4 Å². The Balaban J connectivity index is 1.58. The molecule has 0 bridgehead atoms. The van der Waals surface area contributed by atoms with Crippen molar-refractivity contribution in [1.29, 1.82) is 0 Å². The van der Waals surface area contributed by atoms with E-state index in [0.717, 1.165) is 22.2 Å². The molecule has 2 aromatic carbocycles. The first-order valence-corrected chi connectivity index (χ1v) is 11.1. The van der Waals surface area contributed by atoms with Gasteiger partial charge in [0, 0.05) is 5.69 Å². The van der Waals surface area contributed by atoms with Gasteiger partial charge in [0.1, 0.15) is 11.8 Å². The van der Waals surface area contributed by atoms with Crippen LogP contribution in [-0.2, 0) is 19.1 Å². The van der Waals surface area contributed by atoms with Crippen molar-refractivity contribution >= 4 is 46.5 Å². The fourth-order valence-electron chi connectivity index (χ4n) is 2.98. The van der Waals surface area contributed by atoms with E-state index in [4.69, 9.17) is 9.47 Å². The van der Waals surface area contributed by atoms with Gasteiger partial charge < -0.3 is 14.8 Å². The molecule has 172 valence electrons. The van der Waals surface area contributed by atoms with Crippen molar-refractivity contribution in [3.8, 4) is 5.75 Å². The van der Waals surface area contributed by atoms with E-state index in [0.29, 0.717) is 17.0 Å². The highest BCUT2D eigenvalue weighted by atomic mass is 32.2. The van der Waals surface area contributed by atoms with E-state index < -0.39 is 23.2 Å². The third-order valence-corrected chi connectivity index (χ3v) is 5.61. The average Bonchev–Trinajstić information content (AvgIpc) is 3.07. The Kier molecular flexibility index (Phi) is 7.89. The lowest BCUT2D eigenvalue weighted by Gasteiger charge is -2.19. The van der Waals surface area contributed by atoms with E-state index in [9.17, 15) is 19.2 Å². The SMILES string of the molecule is CCOC(=O)[C@H](C)N1C(=O)S/C(=C/c2ccc(OCC(=O)Nc3ccc(C)cc3)cc2)C1=O. The molecule has 0 unspecified atom stereocenters. The molecule has 1 heterocycles. The Bertz CT molecular complexity index is 1080. The molecule has 0 radical (unpaired) electrons. The van der Waals surface area contributed by atoms with Crippen LogP contribution in [0.15, 0.2) is 53.4 Å². The number of anilines is 1. The summed E-state index contributed by atoms with van der Waals surface area (Å²) in [5.41, 5.74) is 2.46. The van der Waals surface area contributed by atoms with E-state index in [1.807, 2.05) is 31.2 Å². The predicted octanol–water partition coefficient (Wildman–Crippen LogP) is 4.00. The Labute approximate surface area is 195 Å². The lowest BCUT2D eigenvalue weighted by Crippen LogP contribution is -2.42. The van der Waals surface area contributed by atoms with Gasteiger partial charge in [-0.25, -0.2) is 4.79 Å². The normalized spacial score (nSPS) is 15.5. The van der Waals surface area contributed by atoms with Gasteiger partial charge >= 0.3 is 5.97 Å². The summed E-state index contributed by atoms with van der Waals surface area (Å²) < 4.78 is 10.4. The first kappa shape index (κ1) is 24.1. The molecule has 0 spiro atoms. The number of esters is 1. The minimum absolute atomic E-state index is 0.155. The molecule has 3 rings (SSSR count). The van der Waals surface area contributed by atoms with Crippen molar-refractivity contribution in [2.75, 3.05) is 18.5 Å². The zero-order valence-electron chi connectivity index (χ0n) is 18.5. The molecule has 1 fully saturated rings. The molecule has 1 aliphatic rings. The smallest absolute Gasteiger partial charge is 0.329 e. The highest BCUT2D eigenvalue weighted by Crippen LogP contribution is 2.34. The van der Waals surface area contributed by atoms with Gasteiger partial charge in [-0.1, -0.05) is 29.8 Å². The van der Waals surface area contributed by atoms with E-state index in [-0.39, 0.29) is 24.0 Å². The van der Waals surface area contributed by atoms with Crippen LogP contribution in [0.2, 0.25) is 0 Å². The van der Waals surface area contributed by atoms with Crippen LogP contribution in [-0.4, -0.2) is 47.2 Å². The second-order valence-electron chi connectivity index (χ2n) is 7.25. The van der Waals surface area contributed by atoms with E-state index in [1.54, 1.807) is 37.3 Å². The topological polar surface area (TPSA) is 102 Å². The summed E-state index contributed by atoms with van der Waals surface area (Å²) >= 11 is 0.767. The highest BCUT2D eigenvalue weighted by molar-refractivity contribution is 8.18. The second kappa shape index (κ2) is 10.8. The number of amides is 3.